The number of carbonyl (C=O) groups is 1. The molecular weight excluding hydrogens is 392 g/mol. The SMILES string of the molecule is CCN(CC)c1ncc(/C=N\NC(=O)COc2cccc(Br)c2)s1. The zero-order chi connectivity index (χ0) is 17.4. The largest absolute Gasteiger partial charge is 0.484 e. The number of benzene rings is 1. The lowest BCUT2D eigenvalue weighted by Gasteiger charge is -2.16. The van der Waals surface area contributed by atoms with Gasteiger partial charge in [-0.1, -0.05) is 33.3 Å². The van der Waals surface area contributed by atoms with Gasteiger partial charge in [-0.2, -0.15) is 5.10 Å². The highest BCUT2D eigenvalue weighted by Gasteiger charge is 2.06. The molecular formula is C16H19BrN4O2S. The van der Waals surface area contributed by atoms with Crippen LogP contribution in [0, 0.1) is 0 Å². The van der Waals surface area contributed by atoms with Gasteiger partial charge >= 0.3 is 0 Å². The minimum atomic E-state index is -0.320. The first-order valence-corrected chi connectivity index (χ1v) is 9.14. The number of aromatic nitrogens is 1. The van der Waals surface area contributed by atoms with Gasteiger partial charge in [-0.25, -0.2) is 10.4 Å². The first-order chi connectivity index (χ1) is 11.6. The zero-order valence-electron chi connectivity index (χ0n) is 13.5. The van der Waals surface area contributed by atoms with Gasteiger partial charge < -0.3 is 9.64 Å². The van der Waals surface area contributed by atoms with Gasteiger partial charge in [0.05, 0.1) is 11.1 Å². The molecule has 0 bridgehead atoms. The molecule has 8 heteroatoms. The first-order valence-electron chi connectivity index (χ1n) is 7.53. The maximum atomic E-state index is 11.7. The molecule has 0 unspecified atom stereocenters. The second kappa shape index (κ2) is 9.39. The van der Waals surface area contributed by atoms with Crippen molar-refractivity contribution in [3.05, 3.63) is 39.8 Å². The van der Waals surface area contributed by atoms with E-state index in [0.29, 0.717) is 5.75 Å². The Morgan fingerprint density at radius 3 is 2.96 bits per heavy atom. The Hall–Kier alpha value is -1.93. The highest BCUT2D eigenvalue weighted by molar-refractivity contribution is 9.10. The Balaban J connectivity index is 1.80. The molecule has 0 aliphatic rings. The third kappa shape index (κ3) is 5.61. The molecule has 2 rings (SSSR count). The van der Waals surface area contributed by atoms with Crippen LogP contribution in [0.15, 0.2) is 40.0 Å². The van der Waals surface area contributed by atoms with Crippen LogP contribution in [0.4, 0.5) is 5.13 Å². The molecule has 128 valence electrons. The molecule has 1 N–H and O–H groups in total. The van der Waals surface area contributed by atoms with Crippen molar-refractivity contribution in [2.24, 2.45) is 5.10 Å². The van der Waals surface area contributed by atoms with E-state index in [-0.39, 0.29) is 12.5 Å². The smallest absolute Gasteiger partial charge is 0.277 e. The molecule has 1 aromatic carbocycles. The second-order valence-corrected chi connectivity index (χ2v) is 6.71. The summed E-state index contributed by atoms with van der Waals surface area (Å²) in [6, 6.07) is 7.31. The van der Waals surface area contributed by atoms with E-state index in [1.165, 1.54) is 11.3 Å². The fourth-order valence-corrected chi connectivity index (χ4v) is 3.18. The molecule has 1 aromatic heterocycles. The molecule has 0 saturated heterocycles. The fourth-order valence-electron chi connectivity index (χ4n) is 1.88. The van der Waals surface area contributed by atoms with Crippen LogP contribution in [-0.2, 0) is 4.79 Å². The minimum absolute atomic E-state index is 0.0961. The molecule has 0 aliphatic carbocycles. The molecule has 0 radical (unpaired) electrons. The number of ether oxygens (including phenoxy) is 1. The van der Waals surface area contributed by atoms with Crippen molar-refractivity contribution in [3.8, 4) is 5.75 Å². The molecule has 0 spiro atoms. The summed E-state index contributed by atoms with van der Waals surface area (Å²) >= 11 is 4.88. The van der Waals surface area contributed by atoms with Crippen molar-refractivity contribution in [1.82, 2.24) is 10.4 Å². The summed E-state index contributed by atoms with van der Waals surface area (Å²) in [6.45, 7) is 5.89. The van der Waals surface area contributed by atoms with Crippen molar-refractivity contribution in [2.75, 3.05) is 24.6 Å². The van der Waals surface area contributed by atoms with Crippen molar-refractivity contribution in [2.45, 2.75) is 13.8 Å². The lowest BCUT2D eigenvalue weighted by atomic mass is 10.3. The third-order valence-corrected chi connectivity index (χ3v) is 4.58. The van der Waals surface area contributed by atoms with Gasteiger partial charge in [-0.3, -0.25) is 4.79 Å². The van der Waals surface area contributed by atoms with E-state index in [2.05, 4.69) is 50.2 Å². The van der Waals surface area contributed by atoms with Gasteiger partial charge in [0.1, 0.15) is 5.75 Å². The van der Waals surface area contributed by atoms with Crippen LogP contribution in [0.3, 0.4) is 0 Å². The molecule has 0 fully saturated rings. The molecule has 0 saturated carbocycles. The molecule has 0 atom stereocenters. The number of hydrogen-bond acceptors (Lipinski definition) is 6. The predicted molar refractivity (Wildman–Crippen MR) is 101 cm³/mol. The van der Waals surface area contributed by atoms with Crippen LogP contribution < -0.4 is 15.1 Å². The minimum Gasteiger partial charge on any atom is -0.484 e. The van der Waals surface area contributed by atoms with Crippen molar-refractivity contribution in [1.29, 1.82) is 0 Å². The van der Waals surface area contributed by atoms with Gasteiger partial charge in [0.15, 0.2) is 11.7 Å². The van der Waals surface area contributed by atoms with Crippen LogP contribution in [0.2, 0.25) is 0 Å². The maximum absolute atomic E-state index is 11.7. The fraction of sp³-hybridized carbons (Fsp3) is 0.312. The summed E-state index contributed by atoms with van der Waals surface area (Å²) in [5.74, 6) is 0.300. The van der Waals surface area contributed by atoms with Crippen LogP contribution in [0.5, 0.6) is 5.75 Å². The lowest BCUT2D eigenvalue weighted by Crippen LogP contribution is -2.24. The third-order valence-electron chi connectivity index (χ3n) is 3.09. The number of rotatable bonds is 8. The average Bonchev–Trinajstić information content (AvgIpc) is 3.03. The number of carbonyl (C=O) groups excluding carboxylic acids is 1. The molecule has 6 nitrogen and oxygen atoms in total. The van der Waals surface area contributed by atoms with E-state index in [0.717, 1.165) is 27.6 Å². The van der Waals surface area contributed by atoms with Crippen molar-refractivity contribution < 1.29 is 9.53 Å². The summed E-state index contributed by atoms with van der Waals surface area (Å²) in [7, 11) is 0. The zero-order valence-corrected chi connectivity index (χ0v) is 15.9. The second-order valence-electron chi connectivity index (χ2n) is 4.76. The van der Waals surface area contributed by atoms with E-state index >= 15 is 0 Å². The van der Waals surface area contributed by atoms with E-state index in [4.69, 9.17) is 4.74 Å². The highest BCUT2D eigenvalue weighted by atomic mass is 79.9. The number of thiazole rings is 1. The van der Waals surface area contributed by atoms with Gasteiger partial charge in [0, 0.05) is 23.8 Å². The summed E-state index contributed by atoms with van der Waals surface area (Å²) in [5.41, 5.74) is 2.44. The predicted octanol–water partition coefficient (Wildman–Crippen LogP) is 3.28. The normalized spacial score (nSPS) is 10.8. The number of anilines is 1. The van der Waals surface area contributed by atoms with E-state index in [1.54, 1.807) is 24.5 Å². The Morgan fingerprint density at radius 1 is 1.46 bits per heavy atom. The number of hydrazone groups is 1. The standard InChI is InChI=1S/C16H19BrN4O2S/c1-3-21(4-2)16-18-9-14(24-16)10-19-20-15(22)11-23-13-7-5-6-12(17)8-13/h5-10H,3-4,11H2,1-2H3,(H,20,22)/b19-10-. The maximum Gasteiger partial charge on any atom is 0.277 e. The molecule has 2 aromatic rings. The molecule has 1 heterocycles. The van der Waals surface area contributed by atoms with Crippen molar-refractivity contribution in [3.63, 3.8) is 0 Å². The average molecular weight is 411 g/mol. The molecule has 24 heavy (non-hydrogen) atoms. The summed E-state index contributed by atoms with van der Waals surface area (Å²) in [5, 5.41) is 4.88. The van der Waals surface area contributed by atoms with E-state index < -0.39 is 0 Å². The number of nitrogens with one attached hydrogen (secondary N) is 1. The molecule has 0 aliphatic heterocycles. The summed E-state index contributed by atoms with van der Waals surface area (Å²) in [6.07, 6.45) is 3.33. The highest BCUT2D eigenvalue weighted by Crippen LogP contribution is 2.20. The van der Waals surface area contributed by atoms with Crippen molar-refractivity contribution >= 4 is 44.5 Å². The van der Waals surface area contributed by atoms with Gasteiger partial charge in [-0.15, -0.1) is 0 Å². The van der Waals surface area contributed by atoms with Gasteiger partial charge in [0.2, 0.25) is 0 Å². The topological polar surface area (TPSA) is 66.8 Å². The van der Waals surface area contributed by atoms with Crippen LogP contribution in [-0.4, -0.2) is 36.8 Å². The van der Waals surface area contributed by atoms with Gasteiger partial charge in [0.25, 0.3) is 5.91 Å². The molecule has 1 amide bonds. The van der Waals surface area contributed by atoms with Gasteiger partial charge in [-0.05, 0) is 32.0 Å². The quantitative estimate of drug-likeness (QED) is 0.535. The monoisotopic (exact) mass is 410 g/mol. The van der Waals surface area contributed by atoms with Crippen LogP contribution in [0.1, 0.15) is 18.7 Å². The van der Waals surface area contributed by atoms with Crippen LogP contribution in [0.25, 0.3) is 0 Å². The number of halogens is 1. The Morgan fingerprint density at radius 2 is 2.25 bits per heavy atom. The number of amides is 1. The number of nitrogens with zero attached hydrogens (tertiary/aromatic N) is 3. The Bertz CT molecular complexity index is 701. The van der Waals surface area contributed by atoms with E-state index in [9.17, 15) is 4.79 Å². The Kier molecular flexibility index (Phi) is 7.20. The lowest BCUT2D eigenvalue weighted by molar-refractivity contribution is -0.123. The van der Waals surface area contributed by atoms with E-state index in [1.807, 2.05) is 12.1 Å². The summed E-state index contributed by atoms with van der Waals surface area (Å²) < 4.78 is 6.28. The number of hydrogen-bond donors (Lipinski definition) is 1. The summed E-state index contributed by atoms with van der Waals surface area (Å²) in [4.78, 5) is 19.1. The Labute approximate surface area is 153 Å². The first kappa shape index (κ1) is 18.4. The van der Waals surface area contributed by atoms with Crippen LogP contribution >= 0.6 is 27.3 Å².